The molecule has 8 heteroatoms. The van der Waals surface area contributed by atoms with Crippen LogP contribution in [-0.2, 0) is 4.74 Å². The maximum atomic E-state index is 13.1. The molecule has 7 nitrogen and oxygen atoms in total. The summed E-state index contributed by atoms with van der Waals surface area (Å²) in [5.74, 6) is -1.62. The van der Waals surface area contributed by atoms with Crippen LogP contribution in [0.15, 0.2) is 18.2 Å². The first-order valence-corrected chi connectivity index (χ1v) is 5.94. The second kappa shape index (κ2) is 5.51. The third-order valence-electron chi connectivity index (χ3n) is 3.07. The molecule has 1 amide bonds. The first-order valence-electron chi connectivity index (χ1n) is 5.94. The molecule has 0 spiro atoms. The molecule has 1 aliphatic heterocycles. The summed E-state index contributed by atoms with van der Waals surface area (Å²) in [6.45, 7) is 0.502. The Hall–Kier alpha value is -2.06. The Morgan fingerprint density at radius 3 is 2.95 bits per heavy atom. The molecule has 1 unspecified atom stereocenters. The van der Waals surface area contributed by atoms with Crippen molar-refractivity contribution in [3.8, 4) is 0 Å². The van der Waals surface area contributed by atoms with Crippen LogP contribution in [-0.4, -0.2) is 41.3 Å². The normalized spacial score (nSPS) is 21.7. The number of halogens is 1. The van der Waals surface area contributed by atoms with E-state index in [0.717, 1.165) is 18.2 Å². The number of amides is 1. The van der Waals surface area contributed by atoms with Gasteiger partial charge in [0.15, 0.2) is 0 Å². The van der Waals surface area contributed by atoms with Crippen LogP contribution in [0, 0.1) is 15.9 Å². The lowest BCUT2D eigenvalue weighted by Crippen LogP contribution is -2.43. The van der Waals surface area contributed by atoms with Crippen LogP contribution in [0.25, 0.3) is 0 Å². The Balaban J connectivity index is 2.06. The fourth-order valence-corrected chi connectivity index (χ4v) is 1.88. The van der Waals surface area contributed by atoms with E-state index < -0.39 is 27.9 Å². The number of rotatable bonds is 4. The minimum absolute atomic E-state index is 0.0307. The lowest BCUT2D eigenvalue weighted by Gasteiger charge is -2.20. The number of carbonyl (C=O) groups excluding carboxylic acids is 1. The number of hydrogen-bond acceptors (Lipinski definition) is 5. The van der Waals surface area contributed by atoms with Crippen LogP contribution in [0.5, 0.6) is 0 Å². The van der Waals surface area contributed by atoms with Crippen molar-refractivity contribution in [1.82, 2.24) is 5.32 Å². The van der Waals surface area contributed by atoms with Crippen LogP contribution >= 0.6 is 0 Å². The van der Waals surface area contributed by atoms with E-state index in [0.29, 0.717) is 13.0 Å². The Bertz CT molecular complexity index is 543. The summed E-state index contributed by atoms with van der Waals surface area (Å²) in [6.07, 6.45) is 0.400. The number of nitrogens with one attached hydrogen (secondary N) is 1. The highest BCUT2D eigenvalue weighted by Gasteiger charge is 2.32. The number of aliphatic hydroxyl groups is 1. The standard InChI is InChI=1S/C12H13FN2O5/c13-9-2-1-8(5-10(9)15(18)19)11(16)14-6-12(17)3-4-20-7-12/h1-2,5,17H,3-4,6-7H2,(H,14,16). The average molecular weight is 284 g/mol. The molecule has 108 valence electrons. The summed E-state index contributed by atoms with van der Waals surface area (Å²) >= 11 is 0. The van der Waals surface area contributed by atoms with E-state index in [-0.39, 0.29) is 18.7 Å². The molecule has 1 aromatic carbocycles. The second-order valence-electron chi connectivity index (χ2n) is 4.63. The van der Waals surface area contributed by atoms with E-state index >= 15 is 0 Å². The van der Waals surface area contributed by atoms with Crippen LogP contribution in [0.4, 0.5) is 10.1 Å². The Labute approximate surface area is 113 Å². The summed E-state index contributed by atoms with van der Waals surface area (Å²) in [6, 6.07) is 2.87. The third kappa shape index (κ3) is 3.09. The van der Waals surface area contributed by atoms with Gasteiger partial charge in [0.1, 0.15) is 5.60 Å². The average Bonchev–Trinajstić information content (AvgIpc) is 2.84. The molecule has 1 saturated heterocycles. The monoisotopic (exact) mass is 284 g/mol. The van der Waals surface area contributed by atoms with Crippen molar-refractivity contribution in [3.05, 3.63) is 39.7 Å². The number of nitro groups is 1. The molecule has 1 heterocycles. The van der Waals surface area contributed by atoms with Gasteiger partial charge in [-0.1, -0.05) is 0 Å². The lowest BCUT2D eigenvalue weighted by molar-refractivity contribution is -0.387. The highest BCUT2D eigenvalue weighted by molar-refractivity contribution is 5.94. The highest BCUT2D eigenvalue weighted by Crippen LogP contribution is 2.19. The summed E-state index contributed by atoms with van der Waals surface area (Å²) in [7, 11) is 0. The summed E-state index contributed by atoms with van der Waals surface area (Å²) in [5.41, 5.74) is -1.93. The number of nitro benzene ring substituents is 1. The summed E-state index contributed by atoms with van der Waals surface area (Å²) < 4.78 is 18.2. The topological polar surface area (TPSA) is 102 Å². The molecule has 0 aromatic heterocycles. The van der Waals surface area contributed by atoms with Gasteiger partial charge in [-0.25, -0.2) is 0 Å². The molecule has 1 aromatic rings. The molecule has 0 radical (unpaired) electrons. The Morgan fingerprint density at radius 2 is 2.35 bits per heavy atom. The first-order chi connectivity index (χ1) is 9.41. The van der Waals surface area contributed by atoms with Gasteiger partial charge >= 0.3 is 5.69 Å². The van der Waals surface area contributed by atoms with Crippen LogP contribution in [0.3, 0.4) is 0 Å². The zero-order valence-corrected chi connectivity index (χ0v) is 10.5. The van der Waals surface area contributed by atoms with Gasteiger partial charge in [-0.2, -0.15) is 4.39 Å². The molecular formula is C12H13FN2O5. The number of nitrogens with zero attached hydrogens (tertiary/aromatic N) is 1. The molecule has 20 heavy (non-hydrogen) atoms. The molecule has 1 fully saturated rings. The predicted molar refractivity (Wildman–Crippen MR) is 65.8 cm³/mol. The SMILES string of the molecule is O=C(NCC1(O)CCOC1)c1ccc(F)c([N+](=O)[O-])c1. The van der Waals surface area contributed by atoms with Crippen molar-refractivity contribution in [2.45, 2.75) is 12.0 Å². The smallest absolute Gasteiger partial charge is 0.305 e. The number of hydrogen-bond donors (Lipinski definition) is 2. The molecule has 1 atom stereocenters. The maximum absolute atomic E-state index is 13.1. The van der Waals surface area contributed by atoms with Crippen molar-refractivity contribution < 1.29 is 24.0 Å². The van der Waals surface area contributed by atoms with Crippen molar-refractivity contribution in [2.75, 3.05) is 19.8 Å². The highest BCUT2D eigenvalue weighted by atomic mass is 19.1. The minimum Gasteiger partial charge on any atom is -0.386 e. The van der Waals surface area contributed by atoms with Gasteiger partial charge in [0, 0.05) is 31.2 Å². The largest absolute Gasteiger partial charge is 0.386 e. The fourth-order valence-electron chi connectivity index (χ4n) is 1.88. The second-order valence-corrected chi connectivity index (χ2v) is 4.63. The zero-order chi connectivity index (χ0) is 14.8. The van der Waals surface area contributed by atoms with Gasteiger partial charge in [-0.05, 0) is 12.1 Å². The van der Waals surface area contributed by atoms with E-state index in [1.165, 1.54) is 0 Å². The van der Waals surface area contributed by atoms with Gasteiger partial charge in [0.25, 0.3) is 5.91 Å². The predicted octanol–water partition coefficient (Wildman–Crippen LogP) is 0.615. The van der Waals surface area contributed by atoms with E-state index in [2.05, 4.69) is 5.32 Å². The number of carbonyl (C=O) groups is 1. The van der Waals surface area contributed by atoms with Crippen molar-refractivity contribution in [3.63, 3.8) is 0 Å². The number of ether oxygens (including phenoxy) is 1. The Morgan fingerprint density at radius 1 is 1.60 bits per heavy atom. The van der Waals surface area contributed by atoms with Crippen LogP contribution in [0.1, 0.15) is 16.8 Å². The summed E-state index contributed by atoms with van der Waals surface area (Å²) in [5, 5.41) is 23.0. The van der Waals surface area contributed by atoms with Gasteiger partial charge in [0.2, 0.25) is 5.82 Å². The zero-order valence-electron chi connectivity index (χ0n) is 10.5. The van der Waals surface area contributed by atoms with Gasteiger partial charge < -0.3 is 15.2 Å². The van der Waals surface area contributed by atoms with Crippen LogP contribution in [0.2, 0.25) is 0 Å². The van der Waals surface area contributed by atoms with E-state index in [1.807, 2.05) is 0 Å². The van der Waals surface area contributed by atoms with Crippen molar-refractivity contribution in [1.29, 1.82) is 0 Å². The molecule has 0 aliphatic carbocycles. The fraction of sp³-hybridized carbons (Fsp3) is 0.417. The molecule has 1 aliphatic rings. The molecule has 2 rings (SSSR count). The van der Waals surface area contributed by atoms with Crippen molar-refractivity contribution >= 4 is 11.6 Å². The van der Waals surface area contributed by atoms with Crippen LogP contribution < -0.4 is 5.32 Å². The van der Waals surface area contributed by atoms with Gasteiger partial charge in [-0.15, -0.1) is 0 Å². The van der Waals surface area contributed by atoms with Gasteiger partial charge in [-0.3, -0.25) is 14.9 Å². The Kier molecular flexibility index (Phi) is 3.96. The lowest BCUT2D eigenvalue weighted by atomic mass is 10.0. The molecule has 2 N–H and O–H groups in total. The molecule has 0 saturated carbocycles. The number of benzene rings is 1. The maximum Gasteiger partial charge on any atom is 0.305 e. The van der Waals surface area contributed by atoms with E-state index in [4.69, 9.17) is 4.74 Å². The van der Waals surface area contributed by atoms with E-state index in [9.17, 15) is 24.4 Å². The molecular weight excluding hydrogens is 271 g/mol. The molecule has 0 bridgehead atoms. The minimum atomic E-state index is -1.12. The van der Waals surface area contributed by atoms with Gasteiger partial charge in [0.05, 0.1) is 11.5 Å². The third-order valence-corrected chi connectivity index (χ3v) is 3.07. The quantitative estimate of drug-likeness (QED) is 0.623. The summed E-state index contributed by atoms with van der Waals surface area (Å²) in [4.78, 5) is 21.5. The first kappa shape index (κ1) is 14.4. The van der Waals surface area contributed by atoms with E-state index in [1.54, 1.807) is 0 Å². The van der Waals surface area contributed by atoms with Crippen molar-refractivity contribution in [2.24, 2.45) is 0 Å².